The zero-order chi connectivity index (χ0) is 28.2. The van der Waals surface area contributed by atoms with Gasteiger partial charge in [-0.15, -0.1) is 0 Å². The molecule has 2 amide bonds. The third-order valence-electron chi connectivity index (χ3n) is 5.31. The third kappa shape index (κ3) is 9.63. The van der Waals surface area contributed by atoms with E-state index in [2.05, 4.69) is 20.6 Å². The Morgan fingerprint density at radius 2 is 1.74 bits per heavy atom. The Morgan fingerprint density at radius 3 is 2.46 bits per heavy atom. The number of nitrogens with one attached hydrogen (secondary N) is 2. The molecular weight excluding hydrogens is 545 g/mol. The Kier molecular flexibility index (Phi) is 11.1. The standard InChI is InChI=1S/C28H27Cl2N3O6/c1-18(39-25-12-11-21(29)15-23(25)30)27(35)32-24(14-19-7-4-3-5-8-19)28(36)33-31-16-20-9-6-10-22(13-20)38-17-26(34)37-2/h3-13,15-16,18,24H,14,17H2,1-2H3,(H,32,35)(H,33,36)/b31-16-/t18-,24-/m0/s1. The first-order valence-electron chi connectivity index (χ1n) is 11.8. The zero-order valence-corrected chi connectivity index (χ0v) is 22.7. The van der Waals surface area contributed by atoms with E-state index in [0.717, 1.165) is 5.56 Å². The largest absolute Gasteiger partial charge is 0.482 e. The zero-order valence-electron chi connectivity index (χ0n) is 21.2. The highest BCUT2D eigenvalue weighted by Crippen LogP contribution is 2.28. The molecule has 0 spiro atoms. The SMILES string of the molecule is COC(=O)COc1cccc(/C=N\NC(=O)[C@H](Cc2ccccc2)NC(=O)[C@H](C)Oc2ccc(Cl)cc2Cl)c1. The number of benzene rings is 3. The lowest BCUT2D eigenvalue weighted by Gasteiger charge is -2.21. The van der Waals surface area contributed by atoms with Crippen LogP contribution in [0.4, 0.5) is 0 Å². The number of ether oxygens (including phenoxy) is 3. The Morgan fingerprint density at radius 1 is 0.974 bits per heavy atom. The van der Waals surface area contributed by atoms with E-state index in [1.165, 1.54) is 19.4 Å². The average Bonchev–Trinajstić information content (AvgIpc) is 2.93. The molecule has 3 aromatic carbocycles. The second-order valence-electron chi connectivity index (χ2n) is 8.26. The molecule has 2 atom stereocenters. The fraction of sp³-hybridized carbons (Fsp3) is 0.214. The maximum Gasteiger partial charge on any atom is 0.343 e. The van der Waals surface area contributed by atoms with Gasteiger partial charge in [0, 0.05) is 11.4 Å². The number of hydrogen-bond donors (Lipinski definition) is 2. The Balaban J connectivity index is 1.66. The number of hydrazone groups is 1. The molecule has 0 bridgehead atoms. The van der Waals surface area contributed by atoms with Crippen LogP contribution in [0.15, 0.2) is 77.9 Å². The third-order valence-corrected chi connectivity index (χ3v) is 5.84. The summed E-state index contributed by atoms with van der Waals surface area (Å²) in [7, 11) is 1.27. The van der Waals surface area contributed by atoms with Gasteiger partial charge in [-0.3, -0.25) is 9.59 Å². The van der Waals surface area contributed by atoms with Crippen LogP contribution in [0.1, 0.15) is 18.1 Å². The van der Waals surface area contributed by atoms with Gasteiger partial charge in [-0.25, -0.2) is 10.2 Å². The number of halogens is 2. The molecule has 0 aliphatic heterocycles. The Labute approximate surface area is 236 Å². The maximum atomic E-state index is 13.0. The molecule has 0 aliphatic rings. The highest BCUT2D eigenvalue weighted by Gasteiger charge is 2.25. The quantitative estimate of drug-likeness (QED) is 0.191. The van der Waals surface area contributed by atoms with E-state index in [9.17, 15) is 14.4 Å². The number of hydrogen-bond acceptors (Lipinski definition) is 7. The first kappa shape index (κ1) is 29.5. The van der Waals surface area contributed by atoms with E-state index < -0.39 is 29.9 Å². The van der Waals surface area contributed by atoms with Crippen molar-refractivity contribution >= 4 is 47.2 Å². The van der Waals surface area contributed by atoms with Crippen LogP contribution in [0.25, 0.3) is 0 Å². The second kappa shape index (κ2) is 14.8. The van der Waals surface area contributed by atoms with Crippen molar-refractivity contribution in [3.8, 4) is 11.5 Å². The van der Waals surface area contributed by atoms with Gasteiger partial charge in [-0.2, -0.15) is 5.10 Å². The lowest BCUT2D eigenvalue weighted by atomic mass is 10.1. The number of nitrogens with zero attached hydrogens (tertiary/aromatic N) is 1. The molecule has 0 aromatic heterocycles. The van der Waals surface area contributed by atoms with Gasteiger partial charge in [-0.05, 0) is 48.4 Å². The Hall–Kier alpha value is -4.08. The van der Waals surface area contributed by atoms with E-state index in [4.69, 9.17) is 32.7 Å². The summed E-state index contributed by atoms with van der Waals surface area (Å²) in [6.07, 6.45) is 0.684. The summed E-state index contributed by atoms with van der Waals surface area (Å²) in [6.45, 7) is 1.31. The summed E-state index contributed by atoms with van der Waals surface area (Å²) in [6, 6.07) is 19.7. The van der Waals surface area contributed by atoms with Crippen molar-refractivity contribution in [1.82, 2.24) is 10.7 Å². The normalized spacial score (nSPS) is 12.3. The minimum absolute atomic E-state index is 0.221. The number of carbonyl (C=O) groups excluding carboxylic acids is 3. The van der Waals surface area contributed by atoms with Gasteiger partial charge >= 0.3 is 5.97 Å². The van der Waals surface area contributed by atoms with Crippen LogP contribution in [-0.2, 0) is 25.5 Å². The van der Waals surface area contributed by atoms with Gasteiger partial charge in [0.2, 0.25) is 0 Å². The molecule has 0 radical (unpaired) electrons. The minimum atomic E-state index is -0.953. The fourth-order valence-corrected chi connectivity index (χ4v) is 3.75. The van der Waals surface area contributed by atoms with Crippen LogP contribution in [0.2, 0.25) is 10.0 Å². The molecule has 0 unspecified atom stereocenters. The molecule has 3 rings (SSSR count). The van der Waals surface area contributed by atoms with Crippen LogP contribution in [0.5, 0.6) is 11.5 Å². The van der Waals surface area contributed by atoms with Crippen molar-refractivity contribution in [3.63, 3.8) is 0 Å². The lowest BCUT2D eigenvalue weighted by Crippen LogP contribution is -2.50. The van der Waals surface area contributed by atoms with E-state index in [0.29, 0.717) is 16.3 Å². The molecular formula is C28H27Cl2N3O6. The molecule has 2 N–H and O–H groups in total. The summed E-state index contributed by atoms with van der Waals surface area (Å²) in [4.78, 5) is 37.2. The molecule has 0 fully saturated rings. The van der Waals surface area contributed by atoms with Crippen molar-refractivity contribution in [2.75, 3.05) is 13.7 Å². The van der Waals surface area contributed by atoms with Crippen LogP contribution in [0, 0.1) is 0 Å². The predicted molar refractivity (Wildman–Crippen MR) is 148 cm³/mol. The van der Waals surface area contributed by atoms with E-state index in [1.807, 2.05) is 30.3 Å². The lowest BCUT2D eigenvalue weighted by molar-refractivity contribution is -0.142. The Bertz CT molecular complexity index is 1320. The molecule has 0 saturated heterocycles. The number of carbonyl (C=O) groups is 3. The summed E-state index contributed by atoms with van der Waals surface area (Å²) >= 11 is 12.1. The van der Waals surface area contributed by atoms with Gasteiger partial charge in [0.1, 0.15) is 17.5 Å². The maximum absolute atomic E-state index is 13.0. The van der Waals surface area contributed by atoms with Crippen LogP contribution < -0.4 is 20.2 Å². The average molecular weight is 572 g/mol. The van der Waals surface area contributed by atoms with Crippen LogP contribution in [0.3, 0.4) is 0 Å². The summed E-state index contributed by atoms with van der Waals surface area (Å²) in [5.74, 6) is -0.839. The van der Waals surface area contributed by atoms with E-state index in [1.54, 1.807) is 43.3 Å². The second-order valence-corrected chi connectivity index (χ2v) is 9.10. The number of methoxy groups -OCH3 is 1. The van der Waals surface area contributed by atoms with Crippen LogP contribution in [-0.4, -0.2) is 49.9 Å². The summed E-state index contributed by atoms with van der Waals surface area (Å²) < 4.78 is 15.6. The monoisotopic (exact) mass is 571 g/mol. The van der Waals surface area contributed by atoms with Crippen LogP contribution >= 0.6 is 23.2 Å². The van der Waals surface area contributed by atoms with Gasteiger partial charge in [-0.1, -0.05) is 65.7 Å². The van der Waals surface area contributed by atoms with Crippen molar-refractivity contribution in [1.29, 1.82) is 0 Å². The molecule has 0 heterocycles. The molecule has 9 nitrogen and oxygen atoms in total. The molecule has 0 aliphatic carbocycles. The number of esters is 1. The first-order chi connectivity index (χ1) is 18.7. The van der Waals surface area contributed by atoms with Crippen molar-refractivity contribution in [2.24, 2.45) is 5.10 Å². The molecule has 0 saturated carbocycles. The summed E-state index contributed by atoms with van der Waals surface area (Å²) in [5.41, 5.74) is 3.92. The smallest absolute Gasteiger partial charge is 0.343 e. The van der Waals surface area contributed by atoms with Crippen molar-refractivity contribution in [3.05, 3.63) is 94.0 Å². The van der Waals surface area contributed by atoms with E-state index in [-0.39, 0.29) is 23.8 Å². The highest BCUT2D eigenvalue weighted by atomic mass is 35.5. The van der Waals surface area contributed by atoms with Gasteiger partial charge in [0.05, 0.1) is 18.3 Å². The minimum Gasteiger partial charge on any atom is -0.482 e. The van der Waals surface area contributed by atoms with Crippen molar-refractivity contribution < 1.29 is 28.6 Å². The molecule has 204 valence electrons. The molecule has 39 heavy (non-hydrogen) atoms. The van der Waals surface area contributed by atoms with Gasteiger partial charge < -0.3 is 19.5 Å². The van der Waals surface area contributed by atoms with Gasteiger partial charge in [0.25, 0.3) is 11.8 Å². The number of rotatable bonds is 12. The topological polar surface area (TPSA) is 115 Å². The molecule has 3 aromatic rings. The van der Waals surface area contributed by atoms with Crippen molar-refractivity contribution in [2.45, 2.75) is 25.5 Å². The van der Waals surface area contributed by atoms with Gasteiger partial charge in [0.15, 0.2) is 12.7 Å². The highest BCUT2D eigenvalue weighted by molar-refractivity contribution is 6.35. The fourth-order valence-electron chi connectivity index (χ4n) is 3.30. The van der Waals surface area contributed by atoms with E-state index >= 15 is 0 Å². The number of amides is 2. The summed E-state index contributed by atoms with van der Waals surface area (Å²) in [5, 5.41) is 7.43. The molecule has 11 heteroatoms. The first-order valence-corrected chi connectivity index (χ1v) is 12.6. The predicted octanol–water partition coefficient (Wildman–Crippen LogP) is 4.19.